The van der Waals surface area contributed by atoms with Crippen molar-refractivity contribution in [3.8, 4) is 0 Å². The number of benzene rings is 1. The minimum Gasteiger partial charge on any atom is -0.309 e. The van der Waals surface area contributed by atoms with Crippen molar-refractivity contribution in [1.82, 2.24) is 10.3 Å². The van der Waals surface area contributed by atoms with Crippen molar-refractivity contribution in [3.05, 3.63) is 45.9 Å². The lowest BCUT2D eigenvalue weighted by atomic mass is 10.2. The number of thioether (sulfide) groups is 1. The van der Waals surface area contributed by atoms with Gasteiger partial charge in [0.1, 0.15) is 5.01 Å². The zero-order chi connectivity index (χ0) is 13.1. The molecule has 1 saturated heterocycles. The number of thiazole rings is 1. The highest BCUT2D eigenvalue weighted by Crippen LogP contribution is 2.28. The van der Waals surface area contributed by atoms with Crippen LogP contribution in [0, 0.1) is 6.92 Å². The zero-order valence-electron chi connectivity index (χ0n) is 11.1. The maximum absolute atomic E-state index is 4.76. The Morgan fingerprint density at radius 3 is 3.21 bits per heavy atom. The zero-order valence-corrected chi connectivity index (χ0v) is 12.7. The largest absolute Gasteiger partial charge is 0.309 e. The minimum atomic E-state index is 0.494. The molecule has 0 aliphatic carbocycles. The quantitative estimate of drug-likeness (QED) is 0.856. The second kappa shape index (κ2) is 6.07. The lowest BCUT2D eigenvalue weighted by Crippen LogP contribution is -2.13. The Morgan fingerprint density at radius 2 is 2.42 bits per heavy atom. The topological polar surface area (TPSA) is 24.9 Å². The Hall–Kier alpha value is -0.840. The Balaban J connectivity index is 1.61. The van der Waals surface area contributed by atoms with Crippen LogP contribution in [-0.2, 0) is 5.75 Å². The highest BCUT2D eigenvalue weighted by Gasteiger charge is 2.18. The van der Waals surface area contributed by atoms with E-state index in [4.69, 9.17) is 4.98 Å². The molecule has 1 unspecified atom stereocenters. The molecule has 1 aliphatic rings. The van der Waals surface area contributed by atoms with E-state index in [1.165, 1.54) is 34.0 Å². The molecule has 100 valence electrons. The first-order valence-corrected chi connectivity index (χ1v) is 8.55. The van der Waals surface area contributed by atoms with Gasteiger partial charge in [0.05, 0.1) is 17.5 Å². The van der Waals surface area contributed by atoms with Gasteiger partial charge in [-0.15, -0.1) is 23.1 Å². The fourth-order valence-electron chi connectivity index (χ4n) is 2.34. The van der Waals surface area contributed by atoms with Gasteiger partial charge in [-0.3, -0.25) is 0 Å². The summed E-state index contributed by atoms with van der Waals surface area (Å²) in [5.74, 6) is 0.973. The van der Waals surface area contributed by atoms with E-state index in [0.29, 0.717) is 6.04 Å². The van der Waals surface area contributed by atoms with Crippen molar-refractivity contribution in [2.45, 2.75) is 36.5 Å². The van der Waals surface area contributed by atoms with Gasteiger partial charge in [0, 0.05) is 10.3 Å². The minimum absolute atomic E-state index is 0.494. The Bertz CT molecular complexity index is 545. The highest BCUT2D eigenvalue weighted by molar-refractivity contribution is 7.98. The summed E-state index contributed by atoms with van der Waals surface area (Å²) >= 11 is 3.66. The van der Waals surface area contributed by atoms with E-state index >= 15 is 0 Å². The molecular weight excluding hydrogens is 272 g/mol. The summed E-state index contributed by atoms with van der Waals surface area (Å²) in [6.07, 6.45) is 2.50. The SMILES string of the molecule is Cc1cccc(SCc2nc(C3CCCN3)cs2)c1. The predicted molar refractivity (Wildman–Crippen MR) is 82.8 cm³/mol. The van der Waals surface area contributed by atoms with Crippen LogP contribution < -0.4 is 5.32 Å². The summed E-state index contributed by atoms with van der Waals surface area (Å²) in [5, 5.41) is 6.95. The third kappa shape index (κ3) is 3.38. The van der Waals surface area contributed by atoms with Crippen molar-refractivity contribution < 1.29 is 0 Å². The van der Waals surface area contributed by atoms with Crippen LogP contribution >= 0.6 is 23.1 Å². The third-order valence-corrected chi connectivity index (χ3v) is 5.39. The normalized spacial score (nSPS) is 18.9. The van der Waals surface area contributed by atoms with Crippen LogP contribution in [0.5, 0.6) is 0 Å². The number of hydrogen-bond acceptors (Lipinski definition) is 4. The van der Waals surface area contributed by atoms with E-state index < -0.39 is 0 Å². The Labute approximate surface area is 122 Å². The first-order chi connectivity index (χ1) is 9.31. The van der Waals surface area contributed by atoms with Crippen LogP contribution in [0.25, 0.3) is 0 Å². The van der Waals surface area contributed by atoms with Gasteiger partial charge in [-0.2, -0.15) is 0 Å². The van der Waals surface area contributed by atoms with Crippen LogP contribution in [-0.4, -0.2) is 11.5 Å². The lowest BCUT2D eigenvalue weighted by Gasteiger charge is -2.05. The number of hydrogen-bond donors (Lipinski definition) is 1. The number of aromatic nitrogens is 1. The molecule has 1 aromatic carbocycles. The third-order valence-electron chi connectivity index (χ3n) is 3.34. The molecule has 4 heteroatoms. The molecule has 0 bridgehead atoms. The van der Waals surface area contributed by atoms with Crippen LogP contribution in [0.15, 0.2) is 34.5 Å². The van der Waals surface area contributed by atoms with Gasteiger partial charge >= 0.3 is 0 Å². The second-order valence-electron chi connectivity index (χ2n) is 4.92. The molecule has 1 atom stereocenters. The standard InChI is InChI=1S/C15H18N2S2/c1-11-4-2-5-12(8-11)18-10-15-17-14(9-19-15)13-6-3-7-16-13/h2,4-5,8-9,13,16H,3,6-7,10H2,1H3. The molecule has 0 radical (unpaired) electrons. The van der Waals surface area contributed by atoms with Gasteiger partial charge in [-0.1, -0.05) is 17.7 Å². The van der Waals surface area contributed by atoms with Crippen LogP contribution in [0.3, 0.4) is 0 Å². The Morgan fingerprint density at radius 1 is 1.47 bits per heavy atom. The molecule has 0 spiro atoms. The van der Waals surface area contributed by atoms with Crippen molar-refractivity contribution in [1.29, 1.82) is 0 Å². The summed E-state index contributed by atoms with van der Waals surface area (Å²) in [4.78, 5) is 6.09. The van der Waals surface area contributed by atoms with E-state index in [1.807, 2.05) is 11.8 Å². The van der Waals surface area contributed by atoms with Gasteiger partial charge in [-0.05, 0) is 38.4 Å². The van der Waals surface area contributed by atoms with Crippen LogP contribution in [0.1, 0.15) is 35.1 Å². The number of aryl methyl sites for hydroxylation is 1. The van der Waals surface area contributed by atoms with Crippen LogP contribution in [0.2, 0.25) is 0 Å². The smallest absolute Gasteiger partial charge is 0.103 e. The monoisotopic (exact) mass is 290 g/mol. The van der Waals surface area contributed by atoms with Gasteiger partial charge in [0.15, 0.2) is 0 Å². The van der Waals surface area contributed by atoms with Crippen molar-refractivity contribution in [2.75, 3.05) is 6.54 Å². The summed E-state index contributed by atoms with van der Waals surface area (Å²) in [5.41, 5.74) is 2.56. The van der Waals surface area contributed by atoms with E-state index in [0.717, 1.165) is 12.3 Å². The van der Waals surface area contributed by atoms with Gasteiger partial charge < -0.3 is 5.32 Å². The number of nitrogens with zero attached hydrogens (tertiary/aromatic N) is 1. The van der Waals surface area contributed by atoms with E-state index in [1.54, 1.807) is 11.3 Å². The van der Waals surface area contributed by atoms with Crippen LogP contribution in [0.4, 0.5) is 0 Å². The summed E-state index contributed by atoms with van der Waals surface area (Å²) < 4.78 is 0. The van der Waals surface area contributed by atoms with Crippen molar-refractivity contribution in [3.63, 3.8) is 0 Å². The summed E-state index contributed by atoms with van der Waals surface area (Å²) in [7, 11) is 0. The Kier molecular flexibility index (Phi) is 4.21. The van der Waals surface area contributed by atoms with E-state index in [-0.39, 0.29) is 0 Å². The van der Waals surface area contributed by atoms with Crippen molar-refractivity contribution >= 4 is 23.1 Å². The summed E-state index contributed by atoms with van der Waals surface area (Å²) in [6.45, 7) is 3.27. The highest BCUT2D eigenvalue weighted by atomic mass is 32.2. The number of rotatable bonds is 4. The lowest BCUT2D eigenvalue weighted by molar-refractivity contribution is 0.630. The van der Waals surface area contributed by atoms with Gasteiger partial charge in [0.2, 0.25) is 0 Å². The predicted octanol–water partition coefficient (Wildman–Crippen LogP) is 4.17. The fourth-order valence-corrected chi connectivity index (χ4v) is 4.22. The summed E-state index contributed by atoms with van der Waals surface area (Å²) in [6, 6.07) is 9.15. The molecule has 2 heterocycles. The molecule has 1 N–H and O–H groups in total. The molecule has 1 aromatic heterocycles. The average molecular weight is 290 g/mol. The maximum atomic E-state index is 4.76. The fraction of sp³-hybridized carbons (Fsp3) is 0.400. The van der Waals surface area contributed by atoms with E-state index in [2.05, 4.69) is 41.9 Å². The number of nitrogens with one attached hydrogen (secondary N) is 1. The first kappa shape index (κ1) is 13.2. The first-order valence-electron chi connectivity index (χ1n) is 6.68. The molecule has 19 heavy (non-hydrogen) atoms. The van der Waals surface area contributed by atoms with Gasteiger partial charge in [-0.25, -0.2) is 4.98 Å². The molecule has 0 saturated carbocycles. The van der Waals surface area contributed by atoms with Crippen molar-refractivity contribution in [2.24, 2.45) is 0 Å². The average Bonchev–Trinajstić information content (AvgIpc) is 3.07. The molecule has 3 rings (SSSR count). The molecule has 2 aromatic rings. The second-order valence-corrected chi connectivity index (χ2v) is 6.91. The molecule has 1 aliphatic heterocycles. The molecular formula is C15H18N2S2. The maximum Gasteiger partial charge on any atom is 0.103 e. The van der Waals surface area contributed by atoms with E-state index in [9.17, 15) is 0 Å². The molecule has 0 amide bonds. The molecule has 2 nitrogen and oxygen atoms in total. The molecule has 1 fully saturated rings. The van der Waals surface area contributed by atoms with Gasteiger partial charge in [0.25, 0.3) is 0 Å².